The molecule has 1 unspecified atom stereocenters. The van der Waals surface area contributed by atoms with Gasteiger partial charge in [0, 0.05) is 5.56 Å². The van der Waals surface area contributed by atoms with Crippen LogP contribution >= 0.6 is 0 Å². The number of benzene rings is 1. The zero-order valence-electron chi connectivity index (χ0n) is 7.72. The van der Waals surface area contributed by atoms with Gasteiger partial charge in [0.05, 0.1) is 6.04 Å². The fourth-order valence-corrected chi connectivity index (χ4v) is 1.09. The van der Waals surface area contributed by atoms with Gasteiger partial charge in [-0.05, 0) is 14.0 Å². The van der Waals surface area contributed by atoms with Crippen molar-refractivity contribution in [3.05, 3.63) is 35.9 Å². The summed E-state index contributed by atoms with van der Waals surface area (Å²) in [5, 5.41) is 2.55. The van der Waals surface area contributed by atoms with E-state index in [0.717, 1.165) is 0 Å². The number of nitrogens with one attached hydrogen (secondary N) is 1. The SMILES string of the molecule is CC(N[11CH3])C(F)(F)c1ccccc1. The maximum atomic E-state index is 13.5. The van der Waals surface area contributed by atoms with Gasteiger partial charge in [-0.3, -0.25) is 0 Å². The van der Waals surface area contributed by atoms with Gasteiger partial charge in [0.15, 0.2) is 0 Å². The minimum absolute atomic E-state index is 0.0526. The Hall–Kier alpha value is -0.960. The van der Waals surface area contributed by atoms with Crippen LogP contribution in [0.3, 0.4) is 0 Å². The van der Waals surface area contributed by atoms with Crippen LogP contribution in [0.15, 0.2) is 30.3 Å². The van der Waals surface area contributed by atoms with Crippen molar-refractivity contribution in [1.82, 2.24) is 5.32 Å². The number of hydrogen-bond acceptors (Lipinski definition) is 1. The summed E-state index contributed by atoms with van der Waals surface area (Å²) in [6, 6.07) is 6.98. The van der Waals surface area contributed by atoms with Crippen molar-refractivity contribution < 1.29 is 8.78 Å². The van der Waals surface area contributed by atoms with Crippen molar-refractivity contribution in [3.8, 4) is 0 Å². The second-order valence-electron chi connectivity index (χ2n) is 3.00. The van der Waals surface area contributed by atoms with Crippen LogP contribution < -0.4 is 5.32 Å². The Morgan fingerprint density at radius 2 is 1.77 bits per heavy atom. The topological polar surface area (TPSA) is 12.0 Å². The first-order valence-corrected chi connectivity index (χ1v) is 4.19. The van der Waals surface area contributed by atoms with E-state index in [4.69, 9.17) is 0 Å². The summed E-state index contributed by atoms with van der Waals surface area (Å²) in [6.45, 7) is 1.47. The van der Waals surface area contributed by atoms with E-state index >= 15 is 0 Å². The quantitative estimate of drug-likeness (QED) is 0.760. The highest BCUT2D eigenvalue weighted by Gasteiger charge is 2.37. The number of halogens is 2. The Labute approximate surface area is 76.8 Å². The molecule has 0 aliphatic rings. The van der Waals surface area contributed by atoms with Crippen molar-refractivity contribution in [2.45, 2.75) is 18.9 Å². The van der Waals surface area contributed by atoms with Crippen molar-refractivity contribution in [3.63, 3.8) is 0 Å². The largest absolute Gasteiger partial charge is 0.312 e. The molecule has 3 heteroatoms. The third-order valence-electron chi connectivity index (χ3n) is 2.14. The molecule has 0 bridgehead atoms. The lowest BCUT2D eigenvalue weighted by atomic mass is 10.0. The molecule has 1 aromatic rings. The van der Waals surface area contributed by atoms with Crippen LogP contribution in [-0.4, -0.2) is 13.1 Å². The number of rotatable bonds is 3. The van der Waals surface area contributed by atoms with Crippen LogP contribution in [0.2, 0.25) is 0 Å². The molecule has 72 valence electrons. The highest BCUT2D eigenvalue weighted by atomic mass is 19.3. The predicted octanol–water partition coefficient (Wildman–Crippen LogP) is 2.39. The molecular weight excluding hydrogens is 171 g/mol. The Morgan fingerprint density at radius 1 is 1.23 bits per heavy atom. The summed E-state index contributed by atoms with van der Waals surface area (Å²) < 4.78 is 27.0. The van der Waals surface area contributed by atoms with Gasteiger partial charge in [-0.25, -0.2) is 0 Å². The Bertz CT molecular complexity index is 259. The summed E-state index contributed by atoms with van der Waals surface area (Å²) in [7, 11) is 1.53. The lowest BCUT2D eigenvalue weighted by molar-refractivity contribution is -0.0354. The third kappa shape index (κ3) is 2.04. The second kappa shape index (κ2) is 3.83. The van der Waals surface area contributed by atoms with E-state index in [9.17, 15) is 8.78 Å². The maximum absolute atomic E-state index is 13.5. The summed E-state index contributed by atoms with van der Waals surface area (Å²) >= 11 is 0. The lowest BCUT2D eigenvalue weighted by Crippen LogP contribution is -2.38. The number of alkyl halides is 2. The molecule has 0 saturated heterocycles. The van der Waals surface area contributed by atoms with Crippen LogP contribution in [0.5, 0.6) is 0 Å². The first-order chi connectivity index (χ1) is 6.09. The molecule has 0 radical (unpaired) electrons. The zero-order valence-corrected chi connectivity index (χ0v) is 7.72. The molecule has 1 N–H and O–H groups in total. The zero-order chi connectivity index (χ0) is 9.90. The molecule has 0 fully saturated rings. The maximum Gasteiger partial charge on any atom is 0.287 e. The minimum Gasteiger partial charge on any atom is -0.312 e. The van der Waals surface area contributed by atoms with Gasteiger partial charge < -0.3 is 5.32 Å². The monoisotopic (exact) mass is 184 g/mol. The van der Waals surface area contributed by atoms with Crippen LogP contribution in [0, 0.1) is 0 Å². The van der Waals surface area contributed by atoms with E-state index in [-0.39, 0.29) is 5.56 Å². The first kappa shape index (κ1) is 10.1. The molecule has 1 atom stereocenters. The molecule has 0 amide bonds. The molecule has 1 aromatic carbocycles. The first-order valence-electron chi connectivity index (χ1n) is 4.19. The Kier molecular flexibility index (Phi) is 2.98. The fourth-order valence-electron chi connectivity index (χ4n) is 1.09. The molecule has 0 spiro atoms. The second-order valence-corrected chi connectivity index (χ2v) is 3.00. The number of likely N-dealkylation sites (N-methyl/N-ethyl adjacent to an activating group) is 1. The minimum atomic E-state index is -2.81. The van der Waals surface area contributed by atoms with Gasteiger partial charge >= 0.3 is 0 Å². The molecule has 1 rings (SSSR count). The molecule has 0 saturated carbocycles. The van der Waals surface area contributed by atoms with Gasteiger partial charge in [-0.1, -0.05) is 30.3 Å². The van der Waals surface area contributed by atoms with Crippen LogP contribution in [0.25, 0.3) is 0 Å². The third-order valence-corrected chi connectivity index (χ3v) is 2.14. The van der Waals surface area contributed by atoms with E-state index in [1.54, 1.807) is 18.2 Å². The summed E-state index contributed by atoms with van der Waals surface area (Å²) in [4.78, 5) is 0. The number of hydrogen-bond donors (Lipinski definition) is 1. The average molecular weight is 184 g/mol. The molecule has 0 aliphatic carbocycles. The summed E-state index contributed by atoms with van der Waals surface area (Å²) in [6.07, 6.45) is 0. The van der Waals surface area contributed by atoms with Crippen molar-refractivity contribution >= 4 is 0 Å². The standard InChI is InChI=1S/C10H13F2N/c1-8(13-2)10(11,12)9-6-4-3-5-7-9/h3-8,13H,1-2H3/i2-1. The Balaban J connectivity index is 2.93. The van der Waals surface area contributed by atoms with Crippen molar-refractivity contribution in [1.29, 1.82) is 0 Å². The van der Waals surface area contributed by atoms with Gasteiger partial charge in [-0.2, -0.15) is 8.78 Å². The van der Waals surface area contributed by atoms with Gasteiger partial charge in [0.25, 0.3) is 5.92 Å². The van der Waals surface area contributed by atoms with E-state index < -0.39 is 12.0 Å². The van der Waals surface area contributed by atoms with Crippen molar-refractivity contribution in [2.24, 2.45) is 0 Å². The summed E-state index contributed by atoms with van der Waals surface area (Å²) in [5.74, 6) is -2.81. The predicted molar refractivity (Wildman–Crippen MR) is 48.9 cm³/mol. The molecular formula is C10H13F2N. The fraction of sp³-hybridized carbons (Fsp3) is 0.400. The highest BCUT2D eigenvalue weighted by Crippen LogP contribution is 2.30. The highest BCUT2D eigenvalue weighted by molar-refractivity contribution is 5.21. The molecule has 1 nitrogen and oxygen atoms in total. The van der Waals surface area contributed by atoms with E-state index in [0.29, 0.717) is 0 Å². The van der Waals surface area contributed by atoms with E-state index in [2.05, 4.69) is 5.32 Å². The lowest BCUT2D eigenvalue weighted by Gasteiger charge is -2.23. The van der Waals surface area contributed by atoms with Gasteiger partial charge in [0.1, 0.15) is 0 Å². The molecule has 0 heterocycles. The summed E-state index contributed by atoms with van der Waals surface area (Å²) in [5.41, 5.74) is 0.0526. The molecule has 0 aliphatic heterocycles. The smallest absolute Gasteiger partial charge is 0.287 e. The van der Waals surface area contributed by atoms with Gasteiger partial charge in [-0.15, -0.1) is 0 Å². The molecule has 13 heavy (non-hydrogen) atoms. The van der Waals surface area contributed by atoms with Crippen LogP contribution in [0.1, 0.15) is 12.5 Å². The molecule has 0 aromatic heterocycles. The van der Waals surface area contributed by atoms with E-state index in [1.807, 2.05) is 0 Å². The van der Waals surface area contributed by atoms with E-state index in [1.165, 1.54) is 26.1 Å². The Morgan fingerprint density at radius 3 is 2.23 bits per heavy atom. The van der Waals surface area contributed by atoms with Crippen LogP contribution in [0.4, 0.5) is 8.78 Å². The van der Waals surface area contributed by atoms with Crippen molar-refractivity contribution in [2.75, 3.05) is 7.05 Å². The average Bonchev–Trinajstić information content (AvgIpc) is 2.18. The van der Waals surface area contributed by atoms with Crippen LogP contribution in [-0.2, 0) is 5.92 Å². The normalized spacial score (nSPS) is 14.2. The van der Waals surface area contributed by atoms with Gasteiger partial charge in [0.2, 0.25) is 0 Å².